The molecule has 0 bridgehead atoms. The van der Waals surface area contributed by atoms with Gasteiger partial charge in [-0.3, -0.25) is 0 Å². The predicted octanol–water partition coefficient (Wildman–Crippen LogP) is 6.17. The molecule has 0 aromatic heterocycles. The van der Waals surface area contributed by atoms with Crippen LogP contribution >= 0.6 is 0 Å². The third-order valence-electron chi connectivity index (χ3n) is 9.11. The number of hydrogen-bond acceptors (Lipinski definition) is 3. The Morgan fingerprint density at radius 2 is 1.81 bits per heavy atom. The summed E-state index contributed by atoms with van der Waals surface area (Å²) >= 11 is 0. The van der Waals surface area contributed by atoms with Crippen molar-refractivity contribution in [2.24, 2.45) is 29.1 Å². The quantitative estimate of drug-likeness (QED) is 0.450. The smallest absolute Gasteiger partial charge is 0.0630 e. The molecule has 3 rings (SSSR count). The lowest BCUT2D eigenvalue weighted by Crippen LogP contribution is -2.36. The Labute approximate surface area is 191 Å². The van der Waals surface area contributed by atoms with E-state index in [9.17, 15) is 15.3 Å². The van der Waals surface area contributed by atoms with Gasteiger partial charge >= 0.3 is 0 Å². The van der Waals surface area contributed by atoms with E-state index in [0.29, 0.717) is 30.1 Å². The molecule has 0 radical (unpaired) electrons. The summed E-state index contributed by atoms with van der Waals surface area (Å²) in [4.78, 5) is 0. The summed E-state index contributed by atoms with van der Waals surface area (Å²) in [6.45, 7) is 10.9. The third kappa shape index (κ3) is 5.84. The minimum absolute atomic E-state index is 0.0243. The number of fused-ring (bicyclic) bond motifs is 1. The molecule has 31 heavy (non-hydrogen) atoms. The zero-order valence-corrected chi connectivity index (χ0v) is 20.7. The van der Waals surface area contributed by atoms with Crippen molar-refractivity contribution in [3.8, 4) is 0 Å². The van der Waals surface area contributed by atoms with Crippen molar-refractivity contribution in [3.63, 3.8) is 0 Å². The first-order valence-corrected chi connectivity index (χ1v) is 13.0. The fraction of sp³-hybridized carbons (Fsp3) is 0.857. The Morgan fingerprint density at radius 3 is 2.42 bits per heavy atom. The molecule has 3 N–H and O–H groups in total. The van der Waals surface area contributed by atoms with Crippen LogP contribution in [0.2, 0.25) is 0 Å². The van der Waals surface area contributed by atoms with Gasteiger partial charge in [-0.1, -0.05) is 56.9 Å². The van der Waals surface area contributed by atoms with Crippen molar-refractivity contribution in [2.75, 3.05) is 0 Å². The third-order valence-corrected chi connectivity index (χ3v) is 9.11. The maximum atomic E-state index is 10.4. The number of rotatable bonds is 7. The first-order chi connectivity index (χ1) is 14.5. The average molecular weight is 433 g/mol. The molecule has 3 saturated carbocycles. The van der Waals surface area contributed by atoms with E-state index in [1.807, 2.05) is 13.8 Å². The fourth-order valence-electron chi connectivity index (χ4n) is 7.36. The minimum Gasteiger partial charge on any atom is -0.392 e. The van der Waals surface area contributed by atoms with Crippen LogP contribution in [0, 0.1) is 29.1 Å². The fourth-order valence-corrected chi connectivity index (χ4v) is 7.36. The molecular formula is C28H48O3. The molecule has 3 nitrogen and oxygen atoms in total. The van der Waals surface area contributed by atoms with Gasteiger partial charge in [0.25, 0.3) is 0 Å². The Morgan fingerprint density at radius 1 is 1.13 bits per heavy atom. The Balaban J connectivity index is 1.66. The lowest BCUT2D eigenvalue weighted by Gasteiger charge is -2.44. The molecule has 0 aromatic rings. The molecule has 0 spiro atoms. The summed E-state index contributed by atoms with van der Waals surface area (Å²) < 4.78 is 0. The summed E-state index contributed by atoms with van der Waals surface area (Å²) in [6, 6.07) is 0. The van der Waals surface area contributed by atoms with Crippen LogP contribution < -0.4 is 0 Å². The molecule has 0 heterocycles. The summed E-state index contributed by atoms with van der Waals surface area (Å²) in [7, 11) is 0. The van der Waals surface area contributed by atoms with Gasteiger partial charge in [-0.15, -0.1) is 0 Å². The van der Waals surface area contributed by atoms with Gasteiger partial charge in [-0.25, -0.2) is 0 Å². The van der Waals surface area contributed by atoms with Gasteiger partial charge in [-0.05, 0) is 94.8 Å². The van der Waals surface area contributed by atoms with Crippen molar-refractivity contribution in [1.29, 1.82) is 0 Å². The molecule has 0 saturated heterocycles. The standard InChI is InChI=1S/C28H48O3/c1-6-22-25(29)17-20(18-26(22)30)11-12-21-10-8-16-28(5)23(13-14-24(21)28)19(2)9-7-15-27(3,4)31/h11-12,19,22-26,29-31H,6-10,13-18H2,1-5H3/b20-11?,21-12+/t19-,22?,23+,24?,25+,26+,28+/m0/s1. The van der Waals surface area contributed by atoms with Crippen molar-refractivity contribution < 1.29 is 15.3 Å². The van der Waals surface area contributed by atoms with E-state index in [1.54, 1.807) is 5.57 Å². The van der Waals surface area contributed by atoms with Gasteiger partial charge in [0.2, 0.25) is 0 Å². The Hall–Kier alpha value is -0.640. The first-order valence-electron chi connectivity index (χ1n) is 13.0. The summed E-state index contributed by atoms with van der Waals surface area (Å²) in [5.74, 6) is 2.20. The van der Waals surface area contributed by atoms with E-state index in [-0.39, 0.29) is 5.92 Å². The van der Waals surface area contributed by atoms with E-state index in [1.165, 1.54) is 44.1 Å². The minimum atomic E-state index is -0.548. The highest BCUT2D eigenvalue weighted by Gasteiger charge is 2.50. The zero-order valence-electron chi connectivity index (χ0n) is 20.7. The van der Waals surface area contributed by atoms with E-state index >= 15 is 0 Å². The molecule has 3 heteroatoms. The van der Waals surface area contributed by atoms with Crippen LogP contribution in [-0.4, -0.2) is 33.1 Å². The van der Waals surface area contributed by atoms with Gasteiger partial charge in [-0.2, -0.15) is 0 Å². The zero-order chi connectivity index (χ0) is 22.8. The molecular weight excluding hydrogens is 384 g/mol. The maximum Gasteiger partial charge on any atom is 0.0630 e. The SMILES string of the molecule is CCC1[C@H](O)CC(=C/C=C2\CCC[C@@]3(C)C2CC[C@@H]3[C@@H](C)CCCC(C)(C)O)C[C@H]1O. The van der Waals surface area contributed by atoms with Crippen LogP contribution in [0.15, 0.2) is 23.3 Å². The van der Waals surface area contributed by atoms with Crippen LogP contribution in [0.1, 0.15) is 105 Å². The van der Waals surface area contributed by atoms with E-state index in [0.717, 1.165) is 25.2 Å². The highest BCUT2D eigenvalue weighted by molar-refractivity contribution is 5.26. The van der Waals surface area contributed by atoms with Crippen LogP contribution in [0.25, 0.3) is 0 Å². The average Bonchev–Trinajstić information content (AvgIpc) is 3.02. The van der Waals surface area contributed by atoms with Gasteiger partial charge < -0.3 is 15.3 Å². The van der Waals surface area contributed by atoms with E-state index < -0.39 is 17.8 Å². The molecule has 0 amide bonds. The van der Waals surface area contributed by atoms with Crippen molar-refractivity contribution in [2.45, 2.75) is 123 Å². The lowest BCUT2D eigenvalue weighted by molar-refractivity contribution is -0.00700. The van der Waals surface area contributed by atoms with Crippen LogP contribution in [0.5, 0.6) is 0 Å². The number of aliphatic hydroxyl groups is 3. The first kappa shape index (κ1) is 25.0. The number of hydrogen-bond donors (Lipinski definition) is 3. The molecule has 3 aliphatic carbocycles. The van der Waals surface area contributed by atoms with Gasteiger partial charge in [0.15, 0.2) is 0 Å². The van der Waals surface area contributed by atoms with Crippen molar-refractivity contribution in [3.05, 3.63) is 23.3 Å². The van der Waals surface area contributed by atoms with Crippen LogP contribution in [0.4, 0.5) is 0 Å². The Bertz CT molecular complexity index is 644. The predicted molar refractivity (Wildman–Crippen MR) is 129 cm³/mol. The monoisotopic (exact) mass is 432 g/mol. The molecule has 0 aliphatic heterocycles. The molecule has 1 unspecified atom stereocenters. The highest BCUT2D eigenvalue weighted by atomic mass is 16.3. The van der Waals surface area contributed by atoms with Gasteiger partial charge in [0, 0.05) is 5.92 Å². The Kier molecular flexibility index (Phi) is 8.14. The van der Waals surface area contributed by atoms with Crippen LogP contribution in [-0.2, 0) is 0 Å². The normalized spacial score (nSPS) is 38.9. The summed E-state index contributed by atoms with van der Waals surface area (Å²) in [6.07, 6.45) is 15.7. The molecule has 178 valence electrons. The number of allylic oxidation sites excluding steroid dienone is 3. The molecule has 3 fully saturated rings. The van der Waals surface area contributed by atoms with Gasteiger partial charge in [0.05, 0.1) is 17.8 Å². The summed E-state index contributed by atoms with van der Waals surface area (Å²) in [5.41, 5.74) is 2.66. The van der Waals surface area contributed by atoms with Crippen LogP contribution in [0.3, 0.4) is 0 Å². The second-order valence-corrected chi connectivity index (χ2v) is 12.0. The molecule has 3 aliphatic rings. The second kappa shape index (κ2) is 10.1. The number of aliphatic hydroxyl groups excluding tert-OH is 2. The molecule has 0 aromatic carbocycles. The second-order valence-electron chi connectivity index (χ2n) is 12.0. The van der Waals surface area contributed by atoms with E-state index in [4.69, 9.17) is 0 Å². The van der Waals surface area contributed by atoms with Gasteiger partial charge in [0.1, 0.15) is 0 Å². The highest BCUT2D eigenvalue weighted by Crippen LogP contribution is 2.60. The maximum absolute atomic E-state index is 10.4. The largest absolute Gasteiger partial charge is 0.392 e. The molecule has 6 atom stereocenters. The lowest BCUT2D eigenvalue weighted by atomic mass is 9.60. The van der Waals surface area contributed by atoms with Crippen molar-refractivity contribution in [1.82, 2.24) is 0 Å². The topological polar surface area (TPSA) is 60.7 Å². The summed E-state index contributed by atoms with van der Waals surface area (Å²) in [5, 5.41) is 30.9. The van der Waals surface area contributed by atoms with Crippen molar-refractivity contribution >= 4 is 0 Å². The van der Waals surface area contributed by atoms with E-state index in [2.05, 4.69) is 32.9 Å².